The fourth-order valence-corrected chi connectivity index (χ4v) is 2.14. The summed E-state index contributed by atoms with van der Waals surface area (Å²) < 4.78 is 0. The van der Waals surface area contributed by atoms with E-state index in [9.17, 15) is 0 Å². The molecule has 2 rings (SSSR count). The third-order valence-corrected chi connectivity index (χ3v) is 2.73. The third kappa shape index (κ3) is 3.62. The number of halogens is 2. The topological polar surface area (TPSA) is 24.9 Å². The summed E-state index contributed by atoms with van der Waals surface area (Å²) in [5, 5.41) is 4.58. The van der Waals surface area contributed by atoms with Gasteiger partial charge in [-0.2, -0.15) is 0 Å². The number of rotatable bonds is 3. The van der Waals surface area contributed by atoms with Gasteiger partial charge < -0.3 is 5.32 Å². The summed E-state index contributed by atoms with van der Waals surface area (Å²) in [6.45, 7) is 2.68. The first-order valence-electron chi connectivity index (χ1n) is 5.24. The number of aryl methyl sites for hydroxylation is 1. The van der Waals surface area contributed by atoms with Crippen LogP contribution in [-0.2, 0) is 6.54 Å². The van der Waals surface area contributed by atoms with Gasteiger partial charge in [-0.25, -0.2) is 0 Å². The van der Waals surface area contributed by atoms with Crippen molar-refractivity contribution in [2.75, 3.05) is 5.32 Å². The van der Waals surface area contributed by atoms with Crippen LogP contribution in [0.5, 0.6) is 0 Å². The molecule has 1 aromatic carbocycles. The van der Waals surface area contributed by atoms with Gasteiger partial charge in [-0.15, -0.1) is 0 Å². The van der Waals surface area contributed by atoms with E-state index < -0.39 is 0 Å². The van der Waals surface area contributed by atoms with Crippen molar-refractivity contribution in [3.63, 3.8) is 0 Å². The molecule has 0 spiro atoms. The Balaban J connectivity index is 2.07. The van der Waals surface area contributed by atoms with Crippen molar-refractivity contribution in [3.8, 4) is 0 Å². The molecule has 0 aliphatic heterocycles. The van der Waals surface area contributed by atoms with E-state index in [0.29, 0.717) is 16.6 Å². The first-order chi connectivity index (χ1) is 8.13. The summed E-state index contributed by atoms with van der Waals surface area (Å²) in [5.41, 5.74) is 3.16. The Morgan fingerprint density at radius 3 is 2.41 bits per heavy atom. The zero-order valence-electron chi connectivity index (χ0n) is 9.37. The Labute approximate surface area is 111 Å². The van der Waals surface area contributed by atoms with Crippen LogP contribution in [0.1, 0.15) is 11.1 Å². The molecule has 4 heteroatoms. The minimum atomic E-state index is 0.650. The maximum Gasteiger partial charge on any atom is 0.0532 e. The Kier molecular flexibility index (Phi) is 3.87. The van der Waals surface area contributed by atoms with Crippen molar-refractivity contribution in [1.29, 1.82) is 0 Å². The van der Waals surface area contributed by atoms with Crippen LogP contribution in [0.2, 0.25) is 10.0 Å². The van der Waals surface area contributed by atoms with Gasteiger partial charge in [-0.3, -0.25) is 4.98 Å². The van der Waals surface area contributed by atoms with Gasteiger partial charge in [0.25, 0.3) is 0 Å². The molecule has 1 N–H and O–H groups in total. The maximum absolute atomic E-state index is 5.93. The van der Waals surface area contributed by atoms with E-state index in [-0.39, 0.29) is 0 Å². The van der Waals surface area contributed by atoms with Gasteiger partial charge in [0.05, 0.1) is 5.69 Å². The zero-order chi connectivity index (χ0) is 12.3. The predicted octanol–water partition coefficient (Wildman–Crippen LogP) is 4.31. The van der Waals surface area contributed by atoms with Crippen molar-refractivity contribution in [2.45, 2.75) is 13.5 Å². The predicted molar refractivity (Wildman–Crippen MR) is 72.8 cm³/mol. The number of nitrogens with one attached hydrogen (secondary N) is 1. The first kappa shape index (κ1) is 12.2. The molecule has 0 aliphatic rings. The Hall–Kier alpha value is -1.25. The lowest BCUT2D eigenvalue weighted by Crippen LogP contribution is -2.00. The van der Waals surface area contributed by atoms with Crippen LogP contribution in [-0.4, -0.2) is 4.98 Å². The number of hydrogen-bond acceptors (Lipinski definition) is 2. The molecular formula is C13H12Cl2N2. The summed E-state index contributed by atoms with van der Waals surface area (Å²) in [7, 11) is 0. The SMILES string of the molecule is Cc1cncc(NCc2cc(Cl)cc(Cl)c2)c1. The molecule has 1 heterocycles. The number of hydrogen-bond donors (Lipinski definition) is 1. The molecule has 88 valence electrons. The van der Waals surface area contributed by atoms with Crippen LogP contribution >= 0.6 is 23.2 Å². The summed E-state index contributed by atoms with van der Waals surface area (Å²) in [4.78, 5) is 4.12. The van der Waals surface area contributed by atoms with Crippen LogP contribution in [0.4, 0.5) is 5.69 Å². The molecule has 17 heavy (non-hydrogen) atoms. The largest absolute Gasteiger partial charge is 0.380 e. The lowest BCUT2D eigenvalue weighted by Gasteiger charge is -2.07. The first-order valence-corrected chi connectivity index (χ1v) is 5.99. The van der Waals surface area contributed by atoms with E-state index in [1.54, 1.807) is 12.3 Å². The summed E-state index contributed by atoms with van der Waals surface area (Å²) >= 11 is 11.9. The summed E-state index contributed by atoms with van der Waals surface area (Å²) in [6, 6.07) is 7.55. The van der Waals surface area contributed by atoms with E-state index in [0.717, 1.165) is 16.8 Å². The molecule has 2 nitrogen and oxygen atoms in total. The Morgan fingerprint density at radius 1 is 1.06 bits per heavy atom. The highest BCUT2D eigenvalue weighted by Gasteiger charge is 1.99. The molecule has 0 radical (unpaired) electrons. The monoisotopic (exact) mass is 266 g/mol. The van der Waals surface area contributed by atoms with Gasteiger partial charge >= 0.3 is 0 Å². The molecule has 0 bridgehead atoms. The van der Waals surface area contributed by atoms with Gasteiger partial charge in [0.15, 0.2) is 0 Å². The Morgan fingerprint density at radius 2 is 1.76 bits per heavy atom. The van der Waals surface area contributed by atoms with E-state index in [2.05, 4.69) is 10.3 Å². The number of pyridine rings is 1. The molecular weight excluding hydrogens is 255 g/mol. The Bertz CT molecular complexity index is 506. The molecule has 0 atom stereocenters. The van der Waals surface area contributed by atoms with Gasteiger partial charge in [-0.1, -0.05) is 23.2 Å². The zero-order valence-corrected chi connectivity index (χ0v) is 10.9. The second-order valence-corrected chi connectivity index (χ2v) is 4.76. The van der Waals surface area contributed by atoms with Crippen LogP contribution in [0.15, 0.2) is 36.7 Å². The fourth-order valence-electron chi connectivity index (χ4n) is 1.57. The lowest BCUT2D eigenvalue weighted by molar-refractivity contribution is 1.13. The minimum Gasteiger partial charge on any atom is -0.380 e. The van der Waals surface area contributed by atoms with Crippen LogP contribution in [0, 0.1) is 6.92 Å². The van der Waals surface area contributed by atoms with Gasteiger partial charge in [0, 0.05) is 29.0 Å². The van der Waals surface area contributed by atoms with Crippen molar-refractivity contribution in [3.05, 3.63) is 57.8 Å². The number of aromatic nitrogens is 1. The lowest BCUT2D eigenvalue weighted by atomic mass is 10.2. The smallest absolute Gasteiger partial charge is 0.0532 e. The van der Waals surface area contributed by atoms with Gasteiger partial charge in [0.1, 0.15) is 0 Å². The van der Waals surface area contributed by atoms with E-state index >= 15 is 0 Å². The van der Waals surface area contributed by atoms with Gasteiger partial charge in [-0.05, 0) is 42.3 Å². The molecule has 2 aromatic rings. The van der Waals surface area contributed by atoms with Crippen LogP contribution in [0.25, 0.3) is 0 Å². The van der Waals surface area contributed by atoms with Crippen molar-refractivity contribution in [1.82, 2.24) is 4.98 Å². The average molecular weight is 267 g/mol. The second-order valence-electron chi connectivity index (χ2n) is 3.88. The molecule has 0 aliphatic carbocycles. The highest BCUT2D eigenvalue weighted by molar-refractivity contribution is 6.34. The molecule has 0 amide bonds. The molecule has 0 saturated carbocycles. The third-order valence-electron chi connectivity index (χ3n) is 2.29. The normalized spacial score (nSPS) is 10.3. The average Bonchev–Trinajstić information content (AvgIpc) is 2.25. The summed E-state index contributed by atoms with van der Waals surface area (Å²) in [6.07, 6.45) is 3.61. The quantitative estimate of drug-likeness (QED) is 0.896. The van der Waals surface area contributed by atoms with Crippen LogP contribution in [0.3, 0.4) is 0 Å². The highest BCUT2D eigenvalue weighted by Crippen LogP contribution is 2.20. The highest BCUT2D eigenvalue weighted by atomic mass is 35.5. The van der Waals surface area contributed by atoms with Crippen molar-refractivity contribution in [2.24, 2.45) is 0 Å². The number of nitrogens with zero attached hydrogens (tertiary/aromatic N) is 1. The minimum absolute atomic E-state index is 0.650. The van der Waals surface area contributed by atoms with Crippen molar-refractivity contribution < 1.29 is 0 Å². The second kappa shape index (κ2) is 5.39. The fraction of sp³-hybridized carbons (Fsp3) is 0.154. The number of anilines is 1. The van der Waals surface area contributed by atoms with Crippen molar-refractivity contribution >= 4 is 28.9 Å². The van der Waals surface area contributed by atoms with E-state index in [4.69, 9.17) is 23.2 Å². The molecule has 0 fully saturated rings. The molecule has 1 aromatic heterocycles. The molecule has 0 saturated heterocycles. The molecule has 0 unspecified atom stereocenters. The van der Waals surface area contributed by atoms with Crippen LogP contribution < -0.4 is 5.32 Å². The van der Waals surface area contributed by atoms with E-state index in [1.165, 1.54) is 0 Å². The van der Waals surface area contributed by atoms with E-state index in [1.807, 2.05) is 31.3 Å². The standard InChI is InChI=1S/C13H12Cl2N2/c1-9-2-13(8-16-6-9)17-7-10-3-11(14)5-12(15)4-10/h2-6,8,17H,7H2,1H3. The summed E-state index contributed by atoms with van der Waals surface area (Å²) in [5.74, 6) is 0. The van der Waals surface area contributed by atoms with Gasteiger partial charge in [0.2, 0.25) is 0 Å². The maximum atomic E-state index is 5.93. The number of benzene rings is 1.